The van der Waals surface area contributed by atoms with Crippen LogP contribution in [0.2, 0.25) is 5.02 Å². The summed E-state index contributed by atoms with van der Waals surface area (Å²) in [5.41, 5.74) is 13.3. The van der Waals surface area contributed by atoms with Gasteiger partial charge in [0.2, 0.25) is 0 Å². The Morgan fingerprint density at radius 3 is 2.83 bits per heavy atom. The number of benzene rings is 1. The number of primary amides is 1. The number of carbonyl (C=O) groups is 1. The molecular weight excluding hydrogens is 270 g/mol. The van der Waals surface area contributed by atoms with E-state index in [1.54, 1.807) is 17.4 Å². The molecule has 1 heterocycles. The van der Waals surface area contributed by atoms with Crippen LogP contribution in [0, 0.1) is 0 Å². The summed E-state index contributed by atoms with van der Waals surface area (Å²) >= 11 is 7.68. The molecule has 0 saturated carbocycles. The van der Waals surface area contributed by atoms with Gasteiger partial charge in [-0.25, -0.2) is 0 Å². The predicted octanol–water partition coefficient (Wildman–Crippen LogP) is 2.69. The molecule has 1 amide bonds. The summed E-state index contributed by atoms with van der Waals surface area (Å²) in [7, 11) is 0. The lowest BCUT2D eigenvalue weighted by atomic mass is 10.1. The maximum atomic E-state index is 11.4. The lowest BCUT2D eigenvalue weighted by molar-refractivity contribution is 0.100. The Labute approximate surface area is 114 Å². The van der Waals surface area contributed by atoms with Gasteiger partial charge in [-0.2, -0.15) is 11.3 Å². The summed E-state index contributed by atoms with van der Waals surface area (Å²) in [4.78, 5) is 11.4. The van der Waals surface area contributed by atoms with E-state index < -0.39 is 5.91 Å². The van der Waals surface area contributed by atoms with Crippen molar-refractivity contribution in [3.63, 3.8) is 0 Å². The molecular formula is C12H12ClN3OS. The van der Waals surface area contributed by atoms with Crippen LogP contribution in [0.15, 0.2) is 29.0 Å². The molecule has 0 atom stereocenters. The predicted molar refractivity (Wildman–Crippen MR) is 76.0 cm³/mol. The summed E-state index contributed by atoms with van der Waals surface area (Å²) in [6.07, 6.45) is 0. The number of amides is 1. The summed E-state index contributed by atoms with van der Waals surface area (Å²) in [5, 5.41) is 7.50. The molecule has 0 spiro atoms. The van der Waals surface area contributed by atoms with Gasteiger partial charge in [0.05, 0.1) is 16.3 Å². The molecule has 2 aromatic rings. The van der Waals surface area contributed by atoms with Crippen LogP contribution in [0.5, 0.6) is 0 Å². The first-order valence-electron chi connectivity index (χ1n) is 5.21. The lowest BCUT2D eigenvalue weighted by Crippen LogP contribution is -2.15. The molecule has 2 rings (SSSR count). The van der Waals surface area contributed by atoms with E-state index in [0.29, 0.717) is 28.5 Å². The van der Waals surface area contributed by atoms with Crippen LogP contribution < -0.4 is 16.8 Å². The Bertz CT molecular complexity index is 569. The van der Waals surface area contributed by atoms with Gasteiger partial charge in [-0.3, -0.25) is 4.79 Å². The zero-order valence-corrected chi connectivity index (χ0v) is 11.0. The average molecular weight is 282 g/mol. The van der Waals surface area contributed by atoms with Gasteiger partial charge in [-0.15, -0.1) is 0 Å². The second kappa shape index (κ2) is 5.29. The fraction of sp³-hybridized carbons (Fsp3) is 0.0833. The van der Waals surface area contributed by atoms with Gasteiger partial charge >= 0.3 is 0 Å². The van der Waals surface area contributed by atoms with Crippen molar-refractivity contribution in [3.05, 3.63) is 45.1 Å². The Hall–Kier alpha value is -1.72. The first-order chi connectivity index (χ1) is 8.58. The van der Waals surface area contributed by atoms with Crippen molar-refractivity contribution in [2.24, 2.45) is 5.73 Å². The topological polar surface area (TPSA) is 81.1 Å². The number of hydrogen-bond acceptors (Lipinski definition) is 4. The number of anilines is 2. The van der Waals surface area contributed by atoms with Crippen LogP contribution in [0.25, 0.3) is 0 Å². The van der Waals surface area contributed by atoms with E-state index in [9.17, 15) is 4.79 Å². The normalized spacial score (nSPS) is 10.3. The molecule has 6 heteroatoms. The summed E-state index contributed by atoms with van der Waals surface area (Å²) in [5.74, 6) is -0.558. The molecule has 0 bridgehead atoms. The standard InChI is InChI=1S/C12H12ClN3OS/c13-10-4-8(14)3-9(12(15)17)11(10)16-5-7-1-2-18-6-7/h1-4,6,16H,5,14H2,(H2,15,17). The van der Waals surface area contributed by atoms with Gasteiger partial charge in [0.15, 0.2) is 0 Å². The monoisotopic (exact) mass is 281 g/mol. The van der Waals surface area contributed by atoms with Gasteiger partial charge < -0.3 is 16.8 Å². The number of carbonyl (C=O) groups excluding carboxylic acids is 1. The molecule has 0 unspecified atom stereocenters. The molecule has 0 aliphatic carbocycles. The van der Waals surface area contributed by atoms with Crippen molar-refractivity contribution in [1.82, 2.24) is 0 Å². The van der Waals surface area contributed by atoms with Crippen molar-refractivity contribution in [3.8, 4) is 0 Å². The van der Waals surface area contributed by atoms with E-state index in [1.807, 2.05) is 16.8 Å². The number of thiophene rings is 1. The van der Waals surface area contributed by atoms with Gasteiger partial charge in [0, 0.05) is 12.2 Å². The van der Waals surface area contributed by atoms with Crippen LogP contribution in [0.3, 0.4) is 0 Å². The van der Waals surface area contributed by atoms with Crippen LogP contribution in [0.1, 0.15) is 15.9 Å². The second-order valence-corrected chi connectivity index (χ2v) is 4.96. The quantitative estimate of drug-likeness (QED) is 0.754. The van der Waals surface area contributed by atoms with E-state index >= 15 is 0 Å². The minimum Gasteiger partial charge on any atom is -0.399 e. The number of rotatable bonds is 4. The highest BCUT2D eigenvalue weighted by Crippen LogP contribution is 2.29. The highest BCUT2D eigenvalue weighted by molar-refractivity contribution is 7.07. The summed E-state index contributed by atoms with van der Waals surface area (Å²) in [6.45, 7) is 0.577. The number of halogens is 1. The molecule has 94 valence electrons. The third-order valence-corrected chi connectivity index (χ3v) is 3.46. The van der Waals surface area contributed by atoms with E-state index in [0.717, 1.165) is 5.56 Å². The SMILES string of the molecule is NC(=O)c1cc(N)cc(Cl)c1NCc1ccsc1. The fourth-order valence-electron chi connectivity index (χ4n) is 1.59. The molecule has 18 heavy (non-hydrogen) atoms. The summed E-state index contributed by atoms with van der Waals surface area (Å²) < 4.78 is 0. The van der Waals surface area contributed by atoms with E-state index in [2.05, 4.69) is 5.32 Å². The minimum atomic E-state index is -0.558. The van der Waals surface area contributed by atoms with Crippen LogP contribution in [-0.4, -0.2) is 5.91 Å². The van der Waals surface area contributed by atoms with E-state index in [4.69, 9.17) is 23.1 Å². The molecule has 4 nitrogen and oxygen atoms in total. The van der Waals surface area contributed by atoms with Gasteiger partial charge in [-0.1, -0.05) is 11.6 Å². The van der Waals surface area contributed by atoms with Gasteiger partial charge in [0.1, 0.15) is 0 Å². The smallest absolute Gasteiger partial charge is 0.250 e. The third-order valence-electron chi connectivity index (χ3n) is 2.43. The third kappa shape index (κ3) is 2.75. The van der Waals surface area contributed by atoms with Crippen molar-refractivity contribution in [1.29, 1.82) is 0 Å². The summed E-state index contributed by atoms with van der Waals surface area (Å²) in [6, 6.07) is 5.10. The first kappa shape index (κ1) is 12.7. The Balaban J connectivity index is 2.28. The van der Waals surface area contributed by atoms with E-state index in [1.165, 1.54) is 6.07 Å². The Morgan fingerprint density at radius 1 is 1.44 bits per heavy atom. The van der Waals surface area contributed by atoms with Gasteiger partial charge in [-0.05, 0) is 34.5 Å². The molecule has 0 aliphatic rings. The average Bonchev–Trinajstić information content (AvgIpc) is 2.79. The largest absolute Gasteiger partial charge is 0.399 e. The fourth-order valence-corrected chi connectivity index (χ4v) is 2.55. The molecule has 1 aromatic carbocycles. The highest BCUT2D eigenvalue weighted by atomic mass is 35.5. The zero-order chi connectivity index (χ0) is 13.1. The Kier molecular flexibility index (Phi) is 3.74. The lowest BCUT2D eigenvalue weighted by Gasteiger charge is -2.12. The second-order valence-electron chi connectivity index (χ2n) is 3.77. The zero-order valence-electron chi connectivity index (χ0n) is 9.44. The Morgan fingerprint density at radius 2 is 2.22 bits per heavy atom. The van der Waals surface area contributed by atoms with E-state index in [-0.39, 0.29) is 0 Å². The van der Waals surface area contributed by atoms with Crippen LogP contribution in [0.4, 0.5) is 11.4 Å². The van der Waals surface area contributed by atoms with Crippen molar-refractivity contribution < 1.29 is 4.79 Å². The number of nitrogens with one attached hydrogen (secondary N) is 1. The molecule has 1 aromatic heterocycles. The van der Waals surface area contributed by atoms with Gasteiger partial charge in [0.25, 0.3) is 5.91 Å². The highest BCUT2D eigenvalue weighted by Gasteiger charge is 2.13. The maximum absolute atomic E-state index is 11.4. The number of nitrogens with two attached hydrogens (primary N) is 2. The molecule has 0 saturated heterocycles. The minimum absolute atomic E-state index is 0.301. The maximum Gasteiger partial charge on any atom is 0.250 e. The van der Waals surface area contributed by atoms with Crippen molar-refractivity contribution >= 4 is 40.2 Å². The molecule has 0 aliphatic heterocycles. The molecule has 5 N–H and O–H groups in total. The molecule has 0 fully saturated rings. The van der Waals surface area contributed by atoms with Crippen molar-refractivity contribution in [2.45, 2.75) is 6.54 Å². The molecule has 0 radical (unpaired) electrons. The first-order valence-corrected chi connectivity index (χ1v) is 6.54. The number of nitrogen functional groups attached to an aromatic ring is 1. The van der Waals surface area contributed by atoms with Crippen LogP contribution >= 0.6 is 22.9 Å². The number of hydrogen-bond donors (Lipinski definition) is 3. The van der Waals surface area contributed by atoms with Crippen LogP contribution in [-0.2, 0) is 6.54 Å². The van der Waals surface area contributed by atoms with Crippen molar-refractivity contribution in [2.75, 3.05) is 11.1 Å².